The van der Waals surface area contributed by atoms with Gasteiger partial charge in [-0.05, 0) is 11.8 Å². The first-order chi connectivity index (χ1) is 6.69. The summed E-state index contributed by atoms with van der Waals surface area (Å²) in [6, 6.07) is 0. The predicted octanol–water partition coefficient (Wildman–Crippen LogP) is -1.14. The zero-order valence-electron chi connectivity index (χ0n) is 9.46. The van der Waals surface area contributed by atoms with Gasteiger partial charge in [-0.25, -0.2) is 0 Å². The molecule has 0 aliphatic heterocycles. The lowest BCUT2D eigenvalue weighted by molar-refractivity contribution is -0.121. The molecule has 0 radical (unpaired) electrons. The normalized spacial score (nSPS) is 20.8. The largest absolute Gasteiger partial charge is 0.394 e. The van der Waals surface area contributed by atoms with Crippen LogP contribution >= 0.6 is 0 Å². The minimum Gasteiger partial charge on any atom is -0.394 e. The zero-order valence-corrected chi connectivity index (χ0v) is 9.46. The van der Waals surface area contributed by atoms with E-state index in [2.05, 4.69) is 0 Å². The summed E-state index contributed by atoms with van der Waals surface area (Å²) in [7, 11) is 0. The van der Waals surface area contributed by atoms with Gasteiger partial charge in [-0.1, -0.05) is 20.8 Å². The fraction of sp³-hybridized carbons (Fsp3) is 1.00. The summed E-state index contributed by atoms with van der Waals surface area (Å²) in [5, 5.41) is 46.0. The van der Waals surface area contributed by atoms with Crippen LogP contribution in [0.2, 0.25) is 0 Å². The molecule has 0 aromatic rings. The third kappa shape index (κ3) is 5.44. The summed E-state index contributed by atoms with van der Waals surface area (Å²) in [6.07, 6.45) is -5.25. The summed E-state index contributed by atoms with van der Waals surface area (Å²) in [4.78, 5) is 0. The highest BCUT2D eigenvalue weighted by molar-refractivity contribution is 4.83. The van der Waals surface area contributed by atoms with E-state index in [0.29, 0.717) is 6.42 Å². The molecule has 0 heterocycles. The minimum atomic E-state index is -1.53. The summed E-state index contributed by atoms with van der Waals surface area (Å²) in [6.45, 7) is 5.01. The monoisotopic (exact) mass is 222 g/mol. The number of rotatable bonds is 5. The second-order valence-corrected chi connectivity index (χ2v) is 5.06. The van der Waals surface area contributed by atoms with Crippen molar-refractivity contribution in [1.29, 1.82) is 0 Å². The third-order valence-electron chi connectivity index (χ3n) is 2.15. The topological polar surface area (TPSA) is 101 Å². The van der Waals surface area contributed by atoms with Crippen LogP contribution in [0.3, 0.4) is 0 Å². The Morgan fingerprint density at radius 2 is 1.27 bits per heavy atom. The van der Waals surface area contributed by atoms with E-state index in [1.807, 2.05) is 20.8 Å². The highest BCUT2D eigenvalue weighted by atomic mass is 16.4. The van der Waals surface area contributed by atoms with Crippen LogP contribution in [0.15, 0.2) is 0 Å². The van der Waals surface area contributed by atoms with Gasteiger partial charge in [0.1, 0.15) is 18.3 Å². The van der Waals surface area contributed by atoms with Gasteiger partial charge in [-0.3, -0.25) is 0 Å². The van der Waals surface area contributed by atoms with Gasteiger partial charge in [-0.15, -0.1) is 0 Å². The number of aliphatic hydroxyl groups is 5. The van der Waals surface area contributed by atoms with E-state index < -0.39 is 31.0 Å². The average molecular weight is 222 g/mol. The Kier molecular flexibility index (Phi) is 5.69. The molecule has 0 rings (SSSR count). The van der Waals surface area contributed by atoms with Gasteiger partial charge in [0.15, 0.2) is 0 Å². The lowest BCUT2D eigenvalue weighted by Gasteiger charge is -2.29. The smallest absolute Gasteiger partial charge is 0.110 e. The number of aliphatic hydroxyl groups excluding tert-OH is 5. The molecule has 0 unspecified atom stereocenters. The third-order valence-corrected chi connectivity index (χ3v) is 2.15. The maximum atomic E-state index is 9.57. The van der Waals surface area contributed by atoms with Gasteiger partial charge >= 0.3 is 0 Å². The summed E-state index contributed by atoms with van der Waals surface area (Å²) < 4.78 is 0. The van der Waals surface area contributed by atoms with Crippen LogP contribution < -0.4 is 0 Å². The van der Waals surface area contributed by atoms with Crippen molar-refractivity contribution in [2.24, 2.45) is 5.41 Å². The highest BCUT2D eigenvalue weighted by Crippen LogP contribution is 2.23. The standard InChI is InChI=1S/C10H22O5/c1-10(2,3)4-6(12)8(14)9(15)7(13)5-11/h6-9,11-15H,4-5H2,1-3H3/t6-,7+,8+,9-/m0/s1. The molecule has 0 fully saturated rings. The van der Waals surface area contributed by atoms with Gasteiger partial charge in [-0.2, -0.15) is 0 Å². The number of hydrogen-bond donors (Lipinski definition) is 5. The van der Waals surface area contributed by atoms with E-state index in [9.17, 15) is 15.3 Å². The lowest BCUT2D eigenvalue weighted by Crippen LogP contribution is -2.46. The molecule has 0 aromatic heterocycles. The maximum Gasteiger partial charge on any atom is 0.110 e. The van der Waals surface area contributed by atoms with Crippen LogP contribution in [-0.4, -0.2) is 56.6 Å². The average Bonchev–Trinajstić information content (AvgIpc) is 2.11. The Morgan fingerprint density at radius 3 is 1.60 bits per heavy atom. The van der Waals surface area contributed by atoms with Gasteiger partial charge < -0.3 is 25.5 Å². The van der Waals surface area contributed by atoms with Gasteiger partial charge in [0.2, 0.25) is 0 Å². The first-order valence-electron chi connectivity index (χ1n) is 5.02. The van der Waals surface area contributed by atoms with Gasteiger partial charge in [0.05, 0.1) is 12.7 Å². The van der Waals surface area contributed by atoms with Crippen molar-refractivity contribution in [1.82, 2.24) is 0 Å². The van der Waals surface area contributed by atoms with Crippen molar-refractivity contribution < 1.29 is 25.5 Å². The highest BCUT2D eigenvalue weighted by Gasteiger charge is 2.32. The molecule has 0 aromatic carbocycles. The second-order valence-electron chi connectivity index (χ2n) is 5.06. The number of hydrogen-bond acceptors (Lipinski definition) is 5. The molecular formula is C10H22O5. The molecule has 0 aliphatic carbocycles. The summed E-state index contributed by atoms with van der Waals surface area (Å²) in [5.41, 5.74) is -0.190. The van der Waals surface area contributed by atoms with Gasteiger partial charge in [0.25, 0.3) is 0 Å². The first-order valence-corrected chi connectivity index (χ1v) is 5.02. The molecule has 15 heavy (non-hydrogen) atoms. The Hall–Kier alpha value is -0.200. The molecule has 0 saturated heterocycles. The molecule has 4 atom stereocenters. The van der Waals surface area contributed by atoms with E-state index >= 15 is 0 Å². The molecule has 92 valence electrons. The van der Waals surface area contributed by atoms with Crippen LogP contribution in [0.4, 0.5) is 0 Å². The van der Waals surface area contributed by atoms with Crippen LogP contribution in [0.5, 0.6) is 0 Å². The molecule has 5 nitrogen and oxygen atoms in total. The van der Waals surface area contributed by atoms with Crippen molar-refractivity contribution in [2.75, 3.05) is 6.61 Å². The Balaban J connectivity index is 4.25. The summed E-state index contributed by atoms with van der Waals surface area (Å²) >= 11 is 0. The van der Waals surface area contributed by atoms with Crippen LogP contribution in [0.1, 0.15) is 27.2 Å². The van der Waals surface area contributed by atoms with E-state index in [-0.39, 0.29) is 5.41 Å². The van der Waals surface area contributed by atoms with Crippen LogP contribution in [-0.2, 0) is 0 Å². The van der Waals surface area contributed by atoms with Crippen molar-refractivity contribution in [3.8, 4) is 0 Å². The molecule has 0 spiro atoms. The van der Waals surface area contributed by atoms with Crippen LogP contribution in [0, 0.1) is 5.41 Å². The maximum absolute atomic E-state index is 9.57. The molecule has 5 heteroatoms. The Bertz CT molecular complexity index is 177. The van der Waals surface area contributed by atoms with Crippen molar-refractivity contribution in [3.05, 3.63) is 0 Å². The molecule has 0 saturated carbocycles. The fourth-order valence-electron chi connectivity index (χ4n) is 1.31. The van der Waals surface area contributed by atoms with Crippen molar-refractivity contribution in [3.63, 3.8) is 0 Å². The Labute approximate surface area is 90.0 Å². The van der Waals surface area contributed by atoms with E-state index in [1.54, 1.807) is 0 Å². The van der Waals surface area contributed by atoms with E-state index in [0.717, 1.165) is 0 Å². The van der Waals surface area contributed by atoms with Crippen molar-refractivity contribution in [2.45, 2.75) is 51.6 Å². The molecule has 0 amide bonds. The quantitative estimate of drug-likeness (QED) is 0.405. The second kappa shape index (κ2) is 5.77. The van der Waals surface area contributed by atoms with Crippen molar-refractivity contribution >= 4 is 0 Å². The van der Waals surface area contributed by atoms with Crippen LogP contribution in [0.25, 0.3) is 0 Å². The SMILES string of the molecule is CC(C)(C)C[C@H](O)[C@@H](O)[C@@H](O)[C@H](O)CO. The predicted molar refractivity (Wildman–Crippen MR) is 55.2 cm³/mol. The molecular weight excluding hydrogens is 200 g/mol. The molecule has 0 bridgehead atoms. The minimum absolute atomic E-state index is 0.190. The molecule has 0 aliphatic rings. The van der Waals surface area contributed by atoms with E-state index in [1.165, 1.54) is 0 Å². The fourth-order valence-corrected chi connectivity index (χ4v) is 1.31. The molecule has 5 N–H and O–H groups in total. The first kappa shape index (κ1) is 14.8. The lowest BCUT2D eigenvalue weighted by atomic mass is 9.86. The zero-order chi connectivity index (χ0) is 12.2. The summed E-state index contributed by atoms with van der Waals surface area (Å²) in [5.74, 6) is 0. The Morgan fingerprint density at radius 1 is 0.867 bits per heavy atom. The van der Waals surface area contributed by atoms with Gasteiger partial charge in [0, 0.05) is 0 Å². The van der Waals surface area contributed by atoms with E-state index in [4.69, 9.17) is 10.2 Å².